The van der Waals surface area contributed by atoms with E-state index in [2.05, 4.69) is 58.9 Å². The van der Waals surface area contributed by atoms with E-state index < -0.39 is 0 Å². The number of rotatable bonds is 4. The Hall–Kier alpha value is -2.38. The highest BCUT2D eigenvalue weighted by molar-refractivity contribution is 7.99. The number of aromatic nitrogens is 4. The minimum absolute atomic E-state index is 0.0769. The lowest BCUT2D eigenvalue weighted by atomic mass is 9.73. The summed E-state index contributed by atoms with van der Waals surface area (Å²) in [6, 6.07) is 10.7. The van der Waals surface area contributed by atoms with Crippen LogP contribution < -0.4 is 10.6 Å². The van der Waals surface area contributed by atoms with E-state index in [-0.39, 0.29) is 11.5 Å². The van der Waals surface area contributed by atoms with Crippen molar-refractivity contribution >= 4 is 17.6 Å². The molecule has 0 unspecified atom stereocenters. The van der Waals surface area contributed by atoms with Crippen LogP contribution >= 0.6 is 11.8 Å². The van der Waals surface area contributed by atoms with Crippen molar-refractivity contribution in [3.8, 4) is 0 Å². The second-order valence-corrected chi connectivity index (χ2v) is 9.81. The van der Waals surface area contributed by atoms with Gasteiger partial charge in [0, 0.05) is 36.1 Å². The van der Waals surface area contributed by atoms with Crippen LogP contribution in [0.3, 0.4) is 0 Å². The van der Waals surface area contributed by atoms with Crippen LogP contribution in [-0.4, -0.2) is 32.8 Å². The molecular weight excluding hydrogens is 392 g/mol. The molecule has 0 amide bonds. The van der Waals surface area contributed by atoms with Crippen molar-refractivity contribution in [2.45, 2.75) is 55.1 Å². The first kappa shape index (κ1) is 19.6. The van der Waals surface area contributed by atoms with Gasteiger partial charge in [-0.15, -0.1) is 0 Å². The van der Waals surface area contributed by atoms with Crippen LogP contribution in [0, 0.1) is 5.41 Å². The first-order chi connectivity index (χ1) is 14.6. The summed E-state index contributed by atoms with van der Waals surface area (Å²) in [5, 5.41) is 5.37. The summed E-state index contributed by atoms with van der Waals surface area (Å²) < 4.78 is 2.08. The van der Waals surface area contributed by atoms with Gasteiger partial charge < -0.3 is 10.6 Å². The average molecular weight is 421 g/mol. The van der Waals surface area contributed by atoms with Crippen molar-refractivity contribution < 1.29 is 0 Å². The highest BCUT2D eigenvalue weighted by atomic mass is 32.2. The van der Waals surface area contributed by atoms with Crippen molar-refractivity contribution in [2.24, 2.45) is 11.1 Å². The summed E-state index contributed by atoms with van der Waals surface area (Å²) in [5.41, 5.74) is 9.25. The van der Waals surface area contributed by atoms with Gasteiger partial charge in [0.15, 0.2) is 0 Å². The SMILES string of the molecule is CC(C)c1ccccc1Sc1cnc(N2CCC3(CC2)Cn2nccc2[C@H]3N)cn1. The fourth-order valence-corrected chi connectivity index (χ4v) is 5.79. The Kier molecular flexibility index (Phi) is 5.03. The van der Waals surface area contributed by atoms with Crippen LogP contribution in [0.2, 0.25) is 0 Å². The Labute approximate surface area is 181 Å². The molecule has 5 rings (SSSR count). The number of nitrogens with zero attached hydrogens (tertiary/aromatic N) is 5. The molecule has 2 aliphatic rings. The molecule has 4 heterocycles. The Morgan fingerprint density at radius 3 is 2.60 bits per heavy atom. The molecule has 0 radical (unpaired) electrons. The lowest BCUT2D eigenvalue weighted by molar-refractivity contribution is 0.170. The van der Waals surface area contributed by atoms with Gasteiger partial charge >= 0.3 is 0 Å². The predicted molar refractivity (Wildman–Crippen MR) is 120 cm³/mol. The van der Waals surface area contributed by atoms with Crippen molar-refractivity contribution in [1.82, 2.24) is 19.7 Å². The smallest absolute Gasteiger partial charge is 0.147 e. The van der Waals surface area contributed by atoms with E-state index in [1.807, 2.05) is 18.6 Å². The first-order valence-electron chi connectivity index (χ1n) is 10.7. The zero-order chi connectivity index (χ0) is 20.7. The zero-order valence-corrected chi connectivity index (χ0v) is 18.3. The normalized spacial score (nSPS) is 20.1. The molecule has 0 aliphatic carbocycles. The number of benzene rings is 1. The molecule has 2 N–H and O–H groups in total. The average Bonchev–Trinajstić information content (AvgIpc) is 3.31. The van der Waals surface area contributed by atoms with Crippen molar-refractivity contribution in [3.05, 3.63) is 60.2 Å². The van der Waals surface area contributed by atoms with E-state index in [9.17, 15) is 0 Å². The molecule has 1 fully saturated rings. The van der Waals surface area contributed by atoms with E-state index in [1.54, 1.807) is 11.8 Å². The van der Waals surface area contributed by atoms with Gasteiger partial charge in [-0.25, -0.2) is 9.97 Å². The van der Waals surface area contributed by atoms with Gasteiger partial charge in [-0.3, -0.25) is 4.68 Å². The number of piperidine rings is 1. The molecule has 6 nitrogen and oxygen atoms in total. The molecule has 1 aromatic carbocycles. The molecule has 0 bridgehead atoms. The van der Waals surface area contributed by atoms with E-state index >= 15 is 0 Å². The third kappa shape index (κ3) is 3.40. The van der Waals surface area contributed by atoms with E-state index in [0.717, 1.165) is 43.3 Å². The number of hydrogen-bond acceptors (Lipinski definition) is 6. The third-order valence-electron chi connectivity index (χ3n) is 6.65. The predicted octanol–water partition coefficient (Wildman–Crippen LogP) is 4.25. The summed E-state index contributed by atoms with van der Waals surface area (Å²) in [6.45, 7) is 7.29. The third-order valence-corrected chi connectivity index (χ3v) is 7.66. The summed E-state index contributed by atoms with van der Waals surface area (Å²) >= 11 is 1.69. The highest BCUT2D eigenvalue weighted by Crippen LogP contribution is 2.47. The van der Waals surface area contributed by atoms with Crippen LogP contribution in [0.4, 0.5) is 5.82 Å². The molecule has 2 aromatic heterocycles. The number of hydrogen-bond donors (Lipinski definition) is 1. The van der Waals surface area contributed by atoms with Crippen LogP contribution in [0.5, 0.6) is 0 Å². The van der Waals surface area contributed by atoms with Crippen molar-refractivity contribution in [2.75, 3.05) is 18.0 Å². The van der Waals surface area contributed by atoms with Gasteiger partial charge in [-0.2, -0.15) is 5.10 Å². The quantitative estimate of drug-likeness (QED) is 0.680. The molecule has 30 heavy (non-hydrogen) atoms. The maximum Gasteiger partial charge on any atom is 0.147 e. The van der Waals surface area contributed by atoms with Gasteiger partial charge in [-0.1, -0.05) is 43.8 Å². The minimum Gasteiger partial charge on any atom is -0.355 e. The molecule has 3 aromatic rings. The number of fused-ring (bicyclic) bond motifs is 1. The molecule has 7 heteroatoms. The molecule has 1 saturated heterocycles. The number of nitrogens with two attached hydrogens (primary N) is 1. The largest absolute Gasteiger partial charge is 0.355 e. The summed E-state index contributed by atoms with van der Waals surface area (Å²) in [5.74, 6) is 1.44. The standard InChI is InChI=1S/C23H28N6S/c1-16(2)17-5-3-4-6-19(17)30-21-14-25-20(13-26-21)28-11-8-23(9-12-28)15-29-18(22(23)24)7-10-27-29/h3-7,10,13-14,16,22H,8-9,11-12,15,24H2,1-2H3/t22-/m1/s1. The zero-order valence-electron chi connectivity index (χ0n) is 17.5. The molecular formula is C23H28N6S. The Bertz CT molecular complexity index is 1020. The van der Waals surface area contributed by atoms with Gasteiger partial charge in [-0.05, 0) is 36.5 Å². The van der Waals surface area contributed by atoms with Crippen LogP contribution in [0.25, 0.3) is 0 Å². The van der Waals surface area contributed by atoms with E-state index in [0.29, 0.717) is 5.92 Å². The van der Waals surface area contributed by atoms with Gasteiger partial charge in [0.1, 0.15) is 10.8 Å². The van der Waals surface area contributed by atoms with Crippen LogP contribution in [0.1, 0.15) is 49.9 Å². The molecule has 1 atom stereocenters. The maximum atomic E-state index is 6.60. The minimum atomic E-state index is 0.0769. The van der Waals surface area contributed by atoms with Crippen molar-refractivity contribution in [1.29, 1.82) is 0 Å². The van der Waals surface area contributed by atoms with Crippen LogP contribution in [0.15, 0.2) is 58.8 Å². The second-order valence-electron chi connectivity index (χ2n) is 8.75. The second kappa shape index (κ2) is 7.71. The van der Waals surface area contributed by atoms with E-state index in [4.69, 9.17) is 15.7 Å². The Morgan fingerprint density at radius 2 is 1.90 bits per heavy atom. The molecule has 156 valence electrons. The molecule has 2 aliphatic heterocycles. The van der Waals surface area contributed by atoms with Crippen molar-refractivity contribution in [3.63, 3.8) is 0 Å². The van der Waals surface area contributed by atoms with Gasteiger partial charge in [0.25, 0.3) is 0 Å². The van der Waals surface area contributed by atoms with E-state index in [1.165, 1.54) is 16.2 Å². The fraction of sp³-hybridized carbons (Fsp3) is 0.435. The van der Waals surface area contributed by atoms with Gasteiger partial charge in [0.05, 0.1) is 24.1 Å². The van der Waals surface area contributed by atoms with Gasteiger partial charge in [0.2, 0.25) is 0 Å². The fourth-order valence-electron chi connectivity index (χ4n) is 4.79. The van der Waals surface area contributed by atoms with Crippen LogP contribution in [-0.2, 0) is 6.54 Å². The summed E-state index contributed by atoms with van der Waals surface area (Å²) in [6.07, 6.45) is 7.78. The number of anilines is 1. The maximum absolute atomic E-state index is 6.60. The lowest BCUT2D eigenvalue weighted by Crippen LogP contribution is -2.45. The summed E-state index contributed by atoms with van der Waals surface area (Å²) in [4.78, 5) is 13.0. The monoisotopic (exact) mass is 420 g/mol. The lowest BCUT2D eigenvalue weighted by Gasteiger charge is -2.41. The Morgan fingerprint density at radius 1 is 1.10 bits per heavy atom. The molecule has 1 spiro atoms. The molecule has 0 saturated carbocycles. The summed E-state index contributed by atoms with van der Waals surface area (Å²) in [7, 11) is 0. The topological polar surface area (TPSA) is 72.9 Å². The first-order valence-corrected chi connectivity index (χ1v) is 11.5. The Balaban J connectivity index is 1.25. The highest BCUT2D eigenvalue weighted by Gasteiger charge is 2.46.